The summed E-state index contributed by atoms with van der Waals surface area (Å²) in [6.45, 7) is 3.45. The van der Waals surface area contributed by atoms with Gasteiger partial charge >= 0.3 is 0 Å². The van der Waals surface area contributed by atoms with E-state index in [2.05, 4.69) is 15.9 Å². The molecule has 0 heterocycles. The van der Waals surface area contributed by atoms with Gasteiger partial charge in [0.15, 0.2) is 15.1 Å². The van der Waals surface area contributed by atoms with Crippen LogP contribution in [0.4, 0.5) is 0 Å². The Balaban J connectivity index is 3.33. The van der Waals surface area contributed by atoms with Crippen LogP contribution in [0, 0.1) is 17.2 Å². The summed E-state index contributed by atoms with van der Waals surface area (Å²) in [6.07, 6.45) is 0. The van der Waals surface area contributed by atoms with Crippen molar-refractivity contribution in [3.8, 4) is 6.07 Å². The van der Waals surface area contributed by atoms with Gasteiger partial charge < -0.3 is 0 Å². The molecule has 3 nitrogen and oxygen atoms in total. The van der Waals surface area contributed by atoms with E-state index in [9.17, 15) is 8.42 Å². The van der Waals surface area contributed by atoms with E-state index in [1.807, 2.05) is 6.07 Å². The lowest BCUT2D eigenvalue weighted by atomic mass is 10.1. The van der Waals surface area contributed by atoms with Crippen molar-refractivity contribution >= 4 is 25.8 Å². The average molecular weight is 302 g/mol. The van der Waals surface area contributed by atoms with E-state index < -0.39 is 15.1 Å². The first-order chi connectivity index (χ1) is 7.41. The molecule has 1 rings (SSSR count). The molecule has 0 aliphatic carbocycles. The molecule has 16 heavy (non-hydrogen) atoms. The second-order valence-electron chi connectivity index (χ2n) is 3.77. The fourth-order valence-electron chi connectivity index (χ4n) is 1.39. The van der Waals surface area contributed by atoms with Crippen LogP contribution in [-0.2, 0) is 9.84 Å². The molecule has 0 aliphatic rings. The maximum atomic E-state index is 12.2. The van der Waals surface area contributed by atoms with E-state index >= 15 is 0 Å². The average Bonchev–Trinajstić information content (AvgIpc) is 2.17. The Hall–Kier alpha value is -0.860. The summed E-state index contributed by atoms with van der Waals surface area (Å²) in [5.74, 6) is -0.234. The zero-order valence-electron chi connectivity index (χ0n) is 9.01. The Morgan fingerprint density at radius 3 is 2.31 bits per heavy atom. The second-order valence-corrected chi connectivity index (χ2v) is 6.66. The molecule has 1 aromatic carbocycles. The molecule has 0 spiro atoms. The standard InChI is InChI=1S/C11H12BrNO2S/c1-8(2)11(7-13)16(14,15)10-6-4-3-5-9(10)12/h3-6,8,11H,1-2H3. The fraction of sp³-hybridized carbons (Fsp3) is 0.364. The van der Waals surface area contributed by atoms with Gasteiger partial charge in [0.05, 0.1) is 11.0 Å². The van der Waals surface area contributed by atoms with Crippen molar-refractivity contribution in [2.75, 3.05) is 0 Å². The van der Waals surface area contributed by atoms with Gasteiger partial charge in [0.1, 0.15) is 0 Å². The predicted octanol–water partition coefficient (Wildman–Crippen LogP) is 2.77. The Morgan fingerprint density at radius 1 is 1.31 bits per heavy atom. The van der Waals surface area contributed by atoms with Gasteiger partial charge in [0.2, 0.25) is 0 Å². The Morgan fingerprint density at radius 2 is 1.88 bits per heavy atom. The summed E-state index contributed by atoms with van der Waals surface area (Å²) in [7, 11) is -3.59. The first kappa shape index (κ1) is 13.2. The Labute approximate surface area is 104 Å². The van der Waals surface area contributed by atoms with Gasteiger partial charge in [-0.3, -0.25) is 0 Å². The molecule has 0 saturated carbocycles. The van der Waals surface area contributed by atoms with Crippen LogP contribution < -0.4 is 0 Å². The smallest absolute Gasteiger partial charge is 0.195 e. The third-order valence-corrected chi connectivity index (χ3v) is 5.45. The molecular formula is C11H12BrNO2S. The van der Waals surface area contributed by atoms with Gasteiger partial charge in [-0.2, -0.15) is 5.26 Å². The molecule has 0 amide bonds. The minimum atomic E-state index is -3.59. The SMILES string of the molecule is CC(C)C(C#N)S(=O)(=O)c1ccccc1Br. The molecule has 1 unspecified atom stereocenters. The van der Waals surface area contributed by atoms with Crippen molar-refractivity contribution in [3.05, 3.63) is 28.7 Å². The largest absolute Gasteiger partial charge is 0.222 e. The van der Waals surface area contributed by atoms with Gasteiger partial charge in [-0.15, -0.1) is 0 Å². The summed E-state index contributed by atoms with van der Waals surface area (Å²) >= 11 is 3.19. The van der Waals surface area contributed by atoms with Crippen LogP contribution >= 0.6 is 15.9 Å². The molecule has 0 bridgehead atoms. The quantitative estimate of drug-likeness (QED) is 0.862. The van der Waals surface area contributed by atoms with Crippen molar-refractivity contribution < 1.29 is 8.42 Å². The van der Waals surface area contributed by atoms with E-state index in [1.54, 1.807) is 32.0 Å². The highest BCUT2D eigenvalue weighted by Crippen LogP contribution is 2.27. The Bertz CT molecular complexity index is 517. The molecule has 0 saturated heterocycles. The highest BCUT2D eigenvalue weighted by Gasteiger charge is 2.31. The summed E-state index contributed by atoms with van der Waals surface area (Å²) in [6, 6.07) is 8.40. The topological polar surface area (TPSA) is 57.9 Å². The van der Waals surface area contributed by atoms with E-state index in [1.165, 1.54) is 6.07 Å². The van der Waals surface area contributed by atoms with Gasteiger partial charge in [-0.1, -0.05) is 26.0 Å². The van der Waals surface area contributed by atoms with E-state index in [-0.39, 0.29) is 10.8 Å². The van der Waals surface area contributed by atoms with Gasteiger partial charge in [0, 0.05) is 4.47 Å². The Kier molecular flexibility index (Phi) is 4.11. The number of nitrogens with zero attached hydrogens (tertiary/aromatic N) is 1. The number of rotatable bonds is 3. The third kappa shape index (κ3) is 2.45. The van der Waals surface area contributed by atoms with Crippen molar-refractivity contribution in [2.45, 2.75) is 24.0 Å². The predicted molar refractivity (Wildman–Crippen MR) is 65.6 cm³/mol. The number of sulfone groups is 1. The first-order valence-corrected chi connectivity index (χ1v) is 7.13. The number of nitriles is 1. The second kappa shape index (κ2) is 4.98. The van der Waals surface area contributed by atoms with Crippen LogP contribution in [0.25, 0.3) is 0 Å². The van der Waals surface area contributed by atoms with Gasteiger partial charge in [0.25, 0.3) is 0 Å². The molecule has 1 atom stereocenters. The first-order valence-electron chi connectivity index (χ1n) is 4.79. The van der Waals surface area contributed by atoms with Crippen molar-refractivity contribution in [1.82, 2.24) is 0 Å². The molecule has 86 valence electrons. The maximum Gasteiger partial charge on any atom is 0.195 e. The molecule has 0 N–H and O–H groups in total. The number of hydrogen-bond acceptors (Lipinski definition) is 3. The van der Waals surface area contributed by atoms with Crippen LogP contribution in [0.5, 0.6) is 0 Å². The molecule has 5 heteroatoms. The molecule has 1 aromatic rings. The minimum absolute atomic E-state index is 0.176. The highest BCUT2D eigenvalue weighted by molar-refractivity contribution is 9.10. The lowest BCUT2D eigenvalue weighted by Gasteiger charge is -2.14. The van der Waals surface area contributed by atoms with Crippen molar-refractivity contribution in [3.63, 3.8) is 0 Å². The summed E-state index contributed by atoms with van der Waals surface area (Å²) in [5.41, 5.74) is 0. The molecule has 0 fully saturated rings. The minimum Gasteiger partial charge on any atom is -0.222 e. The number of halogens is 1. The third-order valence-electron chi connectivity index (χ3n) is 2.21. The lowest BCUT2D eigenvalue weighted by molar-refractivity contribution is 0.563. The number of hydrogen-bond donors (Lipinski definition) is 0. The summed E-state index contributed by atoms with van der Waals surface area (Å²) in [5, 5.41) is 7.93. The van der Waals surface area contributed by atoms with Crippen LogP contribution in [-0.4, -0.2) is 13.7 Å². The zero-order valence-corrected chi connectivity index (χ0v) is 11.4. The summed E-state index contributed by atoms with van der Waals surface area (Å²) < 4.78 is 24.8. The van der Waals surface area contributed by atoms with Crippen LogP contribution in [0.15, 0.2) is 33.6 Å². The maximum absolute atomic E-state index is 12.2. The zero-order chi connectivity index (χ0) is 12.3. The molecular weight excluding hydrogens is 290 g/mol. The lowest BCUT2D eigenvalue weighted by Crippen LogP contribution is -2.25. The monoisotopic (exact) mass is 301 g/mol. The van der Waals surface area contributed by atoms with Gasteiger partial charge in [-0.25, -0.2) is 8.42 Å². The highest BCUT2D eigenvalue weighted by atomic mass is 79.9. The van der Waals surface area contributed by atoms with Crippen molar-refractivity contribution in [1.29, 1.82) is 5.26 Å². The number of benzene rings is 1. The molecule has 0 aromatic heterocycles. The van der Waals surface area contributed by atoms with Crippen LogP contribution in [0.3, 0.4) is 0 Å². The molecule has 0 aliphatic heterocycles. The molecule has 0 radical (unpaired) electrons. The van der Waals surface area contributed by atoms with E-state index in [4.69, 9.17) is 5.26 Å². The van der Waals surface area contributed by atoms with Crippen LogP contribution in [0.2, 0.25) is 0 Å². The fourth-order valence-corrected chi connectivity index (χ4v) is 4.09. The van der Waals surface area contributed by atoms with E-state index in [0.29, 0.717) is 4.47 Å². The van der Waals surface area contributed by atoms with E-state index in [0.717, 1.165) is 0 Å². The normalized spacial score (nSPS) is 13.4. The van der Waals surface area contributed by atoms with Gasteiger partial charge in [-0.05, 0) is 34.0 Å². The van der Waals surface area contributed by atoms with Crippen LogP contribution in [0.1, 0.15) is 13.8 Å². The summed E-state index contributed by atoms with van der Waals surface area (Å²) in [4.78, 5) is 0.176. The van der Waals surface area contributed by atoms with Crippen molar-refractivity contribution in [2.24, 2.45) is 5.92 Å².